The highest BCUT2D eigenvalue weighted by Gasteiger charge is 2.12. The number of hydrogen-bond donors (Lipinski definition) is 2. The fourth-order valence-electron chi connectivity index (χ4n) is 1.85. The number of nitrogens with zero attached hydrogens (tertiary/aromatic N) is 1. The second-order valence-corrected chi connectivity index (χ2v) is 4.44. The Hall–Kier alpha value is -2.82. The van der Waals surface area contributed by atoms with Crippen molar-refractivity contribution in [1.82, 2.24) is 0 Å². The first-order valence-corrected chi connectivity index (χ1v) is 6.01. The Morgan fingerprint density at radius 3 is 2.30 bits per heavy atom. The molecule has 0 aliphatic heterocycles. The second-order valence-electron chi connectivity index (χ2n) is 4.44. The van der Waals surface area contributed by atoms with Gasteiger partial charge in [-0.25, -0.2) is 0 Å². The third-order valence-electron chi connectivity index (χ3n) is 3.02. The van der Waals surface area contributed by atoms with E-state index in [9.17, 15) is 9.59 Å². The number of benzene rings is 2. The van der Waals surface area contributed by atoms with Gasteiger partial charge in [0.15, 0.2) is 5.78 Å². The molecule has 4 N–H and O–H groups in total. The molecule has 5 heteroatoms. The fourth-order valence-corrected chi connectivity index (χ4v) is 1.85. The van der Waals surface area contributed by atoms with Gasteiger partial charge in [-0.15, -0.1) is 0 Å². The van der Waals surface area contributed by atoms with E-state index in [1.165, 1.54) is 4.90 Å². The summed E-state index contributed by atoms with van der Waals surface area (Å²) >= 11 is 0. The Balaban J connectivity index is 2.31. The van der Waals surface area contributed by atoms with E-state index in [-0.39, 0.29) is 5.78 Å². The van der Waals surface area contributed by atoms with Crippen molar-refractivity contribution in [2.24, 2.45) is 0 Å². The first-order chi connectivity index (χ1) is 9.52. The van der Waals surface area contributed by atoms with E-state index >= 15 is 0 Å². The van der Waals surface area contributed by atoms with Crippen LogP contribution >= 0.6 is 0 Å². The summed E-state index contributed by atoms with van der Waals surface area (Å²) in [5.74, 6) is -0.178. The van der Waals surface area contributed by atoms with Crippen molar-refractivity contribution in [1.29, 1.82) is 0 Å². The van der Waals surface area contributed by atoms with E-state index in [0.717, 1.165) is 0 Å². The summed E-state index contributed by atoms with van der Waals surface area (Å²) < 4.78 is 0. The van der Waals surface area contributed by atoms with Gasteiger partial charge in [-0.3, -0.25) is 9.59 Å². The summed E-state index contributed by atoms with van der Waals surface area (Å²) in [7, 11) is 1.64. The standard InChI is InChI=1S/C15H15N3O2/c1-18(9-19)12-5-2-10(3-6-12)15(20)13-7-4-11(16)8-14(13)17/h2-9H,16-17H2,1H3. The number of anilines is 3. The number of carbonyl (C=O) groups excluding carboxylic acids is 2. The zero-order valence-corrected chi connectivity index (χ0v) is 11.0. The highest BCUT2D eigenvalue weighted by Crippen LogP contribution is 2.21. The van der Waals surface area contributed by atoms with Crippen molar-refractivity contribution in [3.05, 3.63) is 53.6 Å². The summed E-state index contributed by atoms with van der Waals surface area (Å²) in [4.78, 5) is 24.4. The van der Waals surface area contributed by atoms with Crippen molar-refractivity contribution in [2.45, 2.75) is 0 Å². The van der Waals surface area contributed by atoms with Crippen LogP contribution in [-0.4, -0.2) is 19.2 Å². The lowest BCUT2D eigenvalue weighted by molar-refractivity contribution is -0.107. The number of nitrogen functional groups attached to an aromatic ring is 2. The lowest BCUT2D eigenvalue weighted by atomic mass is 10.0. The van der Waals surface area contributed by atoms with E-state index in [1.54, 1.807) is 49.5 Å². The molecule has 0 fully saturated rings. The zero-order chi connectivity index (χ0) is 14.7. The van der Waals surface area contributed by atoms with Crippen LogP contribution < -0.4 is 16.4 Å². The maximum atomic E-state index is 12.3. The molecule has 0 bridgehead atoms. The summed E-state index contributed by atoms with van der Waals surface area (Å²) in [5, 5.41) is 0. The van der Waals surface area contributed by atoms with Gasteiger partial charge in [-0.2, -0.15) is 0 Å². The Labute approximate surface area is 116 Å². The normalized spacial score (nSPS) is 10.1. The van der Waals surface area contributed by atoms with Gasteiger partial charge in [0.2, 0.25) is 6.41 Å². The van der Waals surface area contributed by atoms with Gasteiger partial charge < -0.3 is 16.4 Å². The largest absolute Gasteiger partial charge is 0.399 e. The average Bonchev–Trinajstić information content (AvgIpc) is 2.46. The molecule has 0 saturated carbocycles. The SMILES string of the molecule is CN(C=O)c1ccc(C(=O)c2ccc(N)cc2N)cc1. The molecule has 0 aromatic heterocycles. The summed E-state index contributed by atoms with van der Waals surface area (Å²) in [6, 6.07) is 11.5. The van der Waals surface area contributed by atoms with Crippen LogP contribution in [0.4, 0.5) is 17.1 Å². The number of nitrogens with two attached hydrogens (primary N) is 2. The first-order valence-electron chi connectivity index (χ1n) is 6.01. The molecule has 102 valence electrons. The van der Waals surface area contributed by atoms with Crippen LogP contribution in [0.5, 0.6) is 0 Å². The van der Waals surface area contributed by atoms with Crippen LogP contribution in [-0.2, 0) is 4.79 Å². The predicted molar refractivity (Wildman–Crippen MR) is 79.6 cm³/mol. The number of carbonyl (C=O) groups is 2. The van der Waals surface area contributed by atoms with Crippen LogP contribution in [0, 0.1) is 0 Å². The molecular formula is C15H15N3O2. The minimum atomic E-state index is -0.178. The fraction of sp³-hybridized carbons (Fsp3) is 0.0667. The smallest absolute Gasteiger partial charge is 0.213 e. The zero-order valence-electron chi connectivity index (χ0n) is 11.0. The Morgan fingerprint density at radius 2 is 1.75 bits per heavy atom. The Bertz CT molecular complexity index is 651. The lowest BCUT2D eigenvalue weighted by Gasteiger charge is -2.11. The van der Waals surface area contributed by atoms with E-state index in [4.69, 9.17) is 11.5 Å². The van der Waals surface area contributed by atoms with Gasteiger partial charge in [0.25, 0.3) is 0 Å². The van der Waals surface area contributed by atoms with E-state index in [1.807, 2.05) is 0 Å². The van der Waals surface area contributed by atoms with Gasteiger partial charge in [-0.1, -0.05) is 0 Å². The van der Waals surface area contributed by atoms with E-state index in [2.05, 4.69) is 0 Å². The molecule has 0 spiro atoms. The molecule has 5 nitrogen and oxygen atoms in total. The minimum absolute atomic E-state index is 0.178. The van der Waals surface area contributed by atoms with Crippen LogP contribution in [0.3, 0.4) is 0 Å². The molecule has 2 rings (SSSR count). The summed E-state index contributed by atoms with van der Waals surface area (Å²) in [6.07, 6.45) is 0.703. The second kappa shape index (κ2) is 5.44. The van der Waals surface area contributed by atoms with Crippen molar-refractivity contribution in [2.75, 3.05) is 23.4 Å². The summed E-state index contributed by atoms with van der Waals surface area (Å²) in [6.45, 7) is 0. The van der Waals surface area contributed by atoms with Crippen molar-refractivity contribution >= 4 is 29.3 Å². The third-order valence-corrected chi connectivity index (χ3v) is 3.02. The Morgan fingerprint density at radius 1 is 1.10 bits per heavy atom. The summed E-state index contributed by atoms with van der Waals surface area (Å²) in [5.41, 5.74) is 13.9. The minimum Gasteiger partial charge on any atom is -0.399 e. The lowest BCUT2D eigenvalue weighted by Crippen LogP contribution is -2.13. The molecule has 0 saturated heterocycles. The average molecular weight is 269 g/mol. The molecule has 1 amide bonds. The maximum Gasteiger partial charge on any atom is 0.213 e. The number of ketones is 1. The van der Waals surface area contributed by atoms with Crippen LogP contribution in [0.1, 0.15) is 15.9 Å². The maximum absolute atomic E-state index is 12.3. The predicted octanol–water partition coefficient (Wildman–Crippen LogP) is 1.67. The highest BCUT2D eigenvalue weighted by atomic mass is 16.1. The van der Waals surface area contributed by atoms with E-state index < -0.39 is 0 Å². The molecular weight excluding hydrogens is 254 g/mol. The topological polar surface area (TPSA) is 89.4 Å². The van der Waals surface area contributed by atoms with Gasteiger partial charge in [0, 0.05) is 35.2 Å². The third kappa shape index (κ3) is 2.61. The number of amides is 1. The molecule has 0 heterocycles. The van der Waals surface area contributed by atoms with Crippen molar-refractivity contribution in [3.63, 3.8) is 0 Å². The first kappa shape index (κ1) is 13.6. The molecule has 0 radical (unpaired) electrons. The van der Waals surface area contributed by atoms with Gasteiger partial charge in [0.05, 0.1) is 0 Å². The van der Waals surface area contributed by atoms with Gasteiger partial charge in [0.1, 0.15) is 0 Å². The van der Waals surface area contributed by atoms with Gasteiger partial charge in [-0.05, 0) is 42.5 Å². The molecule has 0 aliphatic carbocycles. The number of rotatable bonds is 4. The van der Waals surface area contributed by atoms with Crippen LogP contribution in [0.25, 0.3) is 0 Å². The van der Waals surface area contributed by atoms with Crippen molar-refractivity contribution < 1.29 is 9.59 Å². The Kier molecular flexibility index (Phi) is 3.70. The molecule has 0 aliphatic rings. The molecule has 0 atom stereocenters. The quantitative estimate of drug-likeness (QED) is 0.502. The van der Waals surface area contributed by atoms with E-state index in [0.29, 0.717) is 34.6 Å². The number of hydrogen-bond acceptors (Lipinski definition) is 4. The molecule has 2 aromatic carbocycles. The highest BCUT2D eigenvalue weighted by molar-refractivity contribution is 6.12. The van der Waals surface area contributed by atoms with Crippen LogP contribution in [0.15, 0.2) is 42.5 Å². The molecule has 20 heavy (non-hydrogen) atoms. The monoisotopic (exact) mass is 269 g/mol. The van der Waals surface area contributed by atoms with Crippen molar-refractivity contribution in [3.8, 4) is 0 Å². The van der Waals surface area contributed by atoms with Crippen LogP contribution in [0.2, 0.25) is 0 Å². The molecule has 0 unspecified atom stereocenters. The van der Waals surface area contributed by atoms with Gasteiger partial charge >= 0.3 is 0 Å². The molecule has 2 aromatic rings.